The summed E-state index contributed by atoms with van der Waals surface area (Å²) in [6, 6.07) is 4.07. The number of hydrogen-bond acceptors (Lipinski definition) is 4. The van der Waals surface area contributed by atoms with Crippen LogP contribution in [0.25, 0.3) is 0 Å². The van der Waals surface area contributed by atoms with Crippen molar-refractivity contribution in [3.05, 3.63) is 22.2 Å². The number of ether oxygens (including phenoxy) is 2. The molecular weight excluding hydrogens is 322 g/mol. The Kier molecular flexibility index (Phi) is 5.69. The Morgan fingerprint density at radius 2 is 2.00 bits per heavy atom. The summed E-state index contributed by atoms with van der Waals surface area (Å²) in [5.41, 5.74) is 0.843. The van der Waals surface area contributed by atoms with Crippen molar-refractivity contribution >= 4 is 15.9 Å². The van der Waals surface area contributed by atoms with Crippen LogP contribution in [-0.4, -0.2) is 31.9 Å². The van der Waals surface area contributed by atoms with Crippen LogP contribution in [0.2, 0.25) is 0 Å². The third kappa shape index (κ3) is 3.65. The molecule has 0 aliphatic carbocycles. The van der Waals surface area contributed by atoms with E-state index in [-0.39, 0.29) is 0 Å². The van der Waals surface area contributed by atoms with E-state index in [1.807, 2.05) is 12.1 Å². The predicted molar refractivity (Wildman–Crippen MR) is 82.5 cm³/mol. The van der Waals surface area contributed by atoms with Gasteiger partial charge in [-0.15, -0.1) is 0 Å². The molecule has 2 atom stereocenters. The van der Waals surface area contributed by atoms with Crippen molar-refractivity contribution in [3.8, 4) is 11.5 Å². The van der Waals surface area contributed by atoms with E-state index in [1.165, 1.54) is 12.8 Å². The van der Waals surface area contributed by atoms with E-state index in [2.05, 4.69) is 21.2 Å². The highest BCUT2D eigenvalue weighted by atomic mass is 79.9. The minimum Gasteiger partial charge on any atom is -0.493 e. The van der Waals surface area contributed by atoms with E-state index >= 15 is 0 Å². The molecule has 0 saturated carbocycles. The van der Waals surface area contributed by atoms with Gasteiger partial charge in [0, 0.05) is 10.5 Å². The number of methoxy groups -OCH3 is 2. The number of nitrogens with one attached hydrogen (secondary N) is 1. The second-order valence-corrected chi connectivity index (χ2v) is 5.98. The summed E-state index contributed by atoms with van der Waals surface area (Å²) in [5, 5.41) is 13.9. The SMILES string of the molecule is COc1cc(Br)c([C@H](O)C[C@H]2CCCCN2)cc1OC. The summed E-state index contributed by atoms with van der Waals surface area (Å²) >= 11 is 3.50. The van der Waals surface area contributed by atoms with Crippen LogP contribution >= 0.6 is 15.9 Å². The maximum absolute atomic E-state index is 10.5. The maximum atomic E-state index is 10.5. The first-order chi connectivity index (χ1) is 9.65. The van der Waals surface area contributed by atoms with Gasteiger partial charge < -0.3 is 19.9 Å². The Bertz CT molecular complexity index is 447. The van der Waals surface area contributed by atoms with Crippen molar-refractivity contribution in [2.75, 3.05) is 20.8 Å². The topological polar surface area (TPSA) is 50.7 Å². The molecule has 5 heteroatoms. The fourth-order valence-corrected chi connectivity index (χ4v) is 3.23. The average Bonchev–Trinajstić information content (AvgIpc) is 2.47. The van der Waals surface area contributed by atoms with Gasteiger partial charge in [-0.05, 0) is 43.5 Å². The summed E-state index contributed by atoms with van der Waals surface area (Å²) in [5.74, 6) is 1.30. The molecule has 1 aliphatic rings. The van der Waals surface area contributed by atoms with Crippen molar-refractivity contribution in [2.45, 2.75) is 37.8 Å². The van der Waals surface area contributed by atoms with Crippen molar-refractivity contribution in [2.24, 2.45) is 0 Å². The lowest BCUT2D eigenvalue weighted by atomic mass is 9.96. The first kappa shape index (κ1) is 15.6. The number of hydrogen-bond donors (Lipinski definition) is 2. The standard InChI is InChI=1S/C15H22BrNO3/c1-19-14-8-11(12(16)9-15(14)20-2)13(18)7-10-5-3-4-6-17-10/h8-10,13,17-18H,3-7H2,1-2H3/t10-,13-/m1/s1. The number of piperidine rings is 1. The van der Waals surface area contributed by atoms with Crippen LogP contribution in [0.1, 0.15) is 37.4 Å². The van der Waals surface area contributed by atoms with Gasteiger partial charge in [0.2, 0.25) is 0 Å². The molecule has 0 amide bonds. The first-order valence-corrected chi connectivity index (χ1v) is 7.78. The van der Waals surface area contributed by atoms with E-state index in [4.69, 9.17) is 9.47 Å². The van der Waals surface area contributed by atoms with E-state index in [9.17, 15) is 5.11 Å². The lowest BCUT2D eigenvalue weighted by Crippen LogP contribution is -2.35. The molecule has 1 aliphatic heterocycles. The van der Waals surface area contributed by atoms with Crippen LogP contribution in [0.4, 0.5) is 0 Å². The number of aliphatic hydroxyl groups excluding tert-OH is 1. The monoisotopic (exact) mass is 343 g/mol. The Morgan fingerprint density at radius 1 is 1.30 bits per heavy atom. The minimum absolute atomic E-state index is 0.388. The summed E-state index contributed by atoms with van der Waals surface area (Å²) in [7, 11) is 3.21. The van der Waals surface area contributed by atoms with Crippen LogP contribution in [0.3, 0.4) is 0 Å². The van der Waals surface area contributed by atoms with Gasteiger partial charge in [-0.25, -0.2) is 0 Å². The van der Waals surface area contributed by atoms with Gasteiger partial charge in [-0.2, -0.15) is 0 Å². The van der Waals surface area contributed by atoms with Gasteiger partial charge in [0.15, 0.2) is 11.5 Å². The van der Waals surface area contributed by atoms with Crippen molar-refractivity contribution in [3.63, 3.8) is 0 Å². The number of aliphatic hydroxyl groups is 1. The van der Waals surface area contributed by atoms with Gasteiger partial charge in [0.05, 0.1) is 20.3 Å². The molecule has 0 spiro atoms. The van der Waals surface area contributed by atoms with Gasteiger partial charge in [0.1, 0.15) is 0 Å². The van der Waals surface area contributed by atoms with Crippen LogP contribution in [0, 0.1) is 0 Å². The molecule has 1 aromatic carbocycles. The van der Waals surface area contributed by atoms with Gasteiger partial charge in [-0.1, -0.05) is 22.4 Å². The zero-order chi connectivity index (χ0) is 14.5. The highest BCUT2D eigenvalue weighted by Crippen LogP contribution is 2.37. The van der Waals surface area contributed by atoms with Crippen molar-refractivity contribution < 1.29 is 14.6 Å². The van der Waals surface area contributed by atoms with Crippen molar-refractivity contribution in [1.29, 1.82) is 0 Å². The summed E-state index contributed by atoms with van der Waals surface area (Å²) in [6.07, 6.45) is 3.79. The maximum Gasteiger partial charge on any atom is 0.161 e. The number of halogens is 1. The molecule has 0 unspecified atom stereocenters. The molecule has 1 aromatic rings. The van der Waals surface area contributed by atoms with Crippen LogP contribution in [0.15, 0.2) is 16.6 Å². The van der Waals surface area contributed by atoms with Crippen molar-refractivity contribution in [1.82, 2.24) is 5.32 Å². The molecule has 1 heterocycles. The predicted octanol–water partition coefficient (Wildman–Crippen LogP) is 3.03. The molecule has 0 bridgehead atoms. The third-order valence-corrected chi connectivity index (χ3v) is 4.47. The molecule has 2 N–H and O–H groups in total. The highest BCUT2D eigenvalue weighted by Gasteiger charge is 2.21. The largest absolute Gasteiger partial charge is 0.493 e. The molecular formula is C15H22BrNO3. The molecule has 1 saturated heterocycles. The Morgan fingerprint density at radius 3 is 2.60 bits per heavy atom. The number of benzene rings is 1. The molecule has 1 fully saturated rings. The number of rotatable bonds is 5. The quantitative estimate of drug-likeness (QED) is 0.862. The van der Waals surface area contributed by atoms with E-state index in [1.54, 1.807) is 14.2 Å². The Labute approximate surface area is 128 Å². The molecule has 4 nitrogen and oxygen atoms in total. The highest BCUT2D eigenvalue weighted by molar-refractivity contribution is 9.10. The lowest BCUT2D eigenvalue weighted by molar-refractivity contribution is 0.143. The molecule has 0 aromatic heterocycles. The normalized spacial score (nSPS) is 20.5. The van der Waals surface area contributed by atoms with Gasteiger partial charge in [0.25, 0.3) is 0 Å². The van der Waals surface area contributed by atoms with E-state index in [0.29, 0.717) is 24.0 Å². The fraction of sp³-hybridized carbons (Fsp3) is 0.600. The molecule has 2 rings (SSSR count). The van der Waals surface area contributed by atoms with Gasteiger partial charge in [-0.3, -0.25) is 0 Å². The second kappa shape index (κ2) is 7.29. The zero-order valence-electron chi connectivity index (χ0n) is 12.0. The lowest BCUT2D eigenvalue weighted by Gasteiger charge is -2.26. The molecule has 112 valence electrons. The summed E-state index contributed by atoms with van der Waals surface area (Å²) < 4.78 is 11.4. The Balaban J connectivity index is 2.13. The Hall–Kier alpha value is -0.780. The van der Waals surface area contributed by atoms with Crippen LogP contribution in [-0.2, 0) is 0 Å². The van der Waals surface area contributed by atoms with Gasteiger partial charge >= 0.3 is 0 Å². The summed E-state index contributed by atoms with van der Waals surface area (Å²) in [6.45, 7) is 1.05. The molecule has 20 heavy (non-hydrogen) atoms. The zero-order valence-corrected chi connectivity index (χ0v) is 13.6. The molecule has 0 radical (unpaired) electrons. The van der Waals surface area contributed by atoms with Crippen LogP contribution in [0.5, 0.6) is 11.5 Å². The fourth-order valence-electron chi connectivity index (χ4n) is 2.65. The van der Waals surface area contributed by atoms with Crippen LogP contribution < -0.4 is 14.8 Å². The first-order valence-electron chi connectivity index (χ1n) is 6.98. The summed E-state index contributed by atoms with van der Waals surface area (Å²) in [4.78, 5) is 0. The van der Waals surface area contributed by atoms with E-state index < -0.39 is 6.10 Å². The second-order valence-electron chi connectivity index (χ2n) is 5.13. The minimum atomic E-state index is -0.514. The third-order valence-electron chi connectivity index (χ3n) is 3.78. The average molecular weight is 344 g/mol. The smallest absolute Gasteiger partial charge is 0.161 e. The van der Waals surface area contributed by atoms with E-state index in [0.717, 1.165) is 23.0 Å².